The molecule has 0 aliphatic carbocycles. The number of amidine groups is 1. The molecule has 9 nitrogen and oxygen atoms in total. The Balaban J connectivity index is 2.24. The first-order valence-electron chi connectivity index (χ1n) is 9.93. The van der Waals surface area contributed by atoms with Gasteiger partial charge in [-0.3, -0.25) is 19.8 Å². The predicted octanol–water partition coefficient (Wildman–Crippen LogP) is 0.541. The molecule has 164 valence electrons. The first kappa shape index (κ1) is 23.6. The van der Waals surface area contributed by atoms with Gasteiger partial charge in [0.2, 0.25) is 11.8 Å². The third-order valence-corrected chi connectivity index (χ3v) is 4.71. The van der Waals surface area contributed by atoms with Crippen LogP contribution in [0.4, 0.5) is 0 Å². The van der Waals surface area contributed by atoms with Crippen LogP contribution >= 0.6 is 0 Å². The van der Waals surface area contributed by atoms with Crippen molar-refractivity contribution in [3.63, 3.8) is 0 Å². The first-order valence-corrected chi connectivity index (χ1v) is 9.93. The SMILES string of the molecule is N=C(N)c1cccc(C(=O)N[C@@H](C(=O)N[C@@H](CCCCN)C(N)=O)c2ccccc2)c1. The lowest BCUT2D eigenvalue weighted by Crippen LogP contribution is -2.49. The molecule has 0 aliphatic heterocycles. The molecule has 0 spiro atoms. The topological polar surface area (TPSA) is 177 Å². The van der Waals surface area contributed by atoms with E-state index in [4.69, 9.17) is 22.6 Å². The predicted molar refractivity (Wildman–Crippen MR) is 118 cm³/mol. The highest BCUT2D eigenvalue weighted by molar-refractivity contribution is 6.01. The van der Waals surface area contributed by atoms with Crippen LogP contribution in [0, 0.1) is 5.41 Å². The summed E-state index contributed by atoms with van der Waals surface area (Å²) in [5.74, 6) is -1.91. The minimum atomic E-state index is -1.05. The van der Waals surface area contributed by atoms with Crippen LogP contribution in [-0.2, 0) is 9.59 Å². The third kappa shape index (κ3) is 6.93. The number of nitrogens with two attached hydrogens (primary N) is 3. The fourth-order valence-electron chi connectivity index (χ4n) is 3.02. The van der Waals surface area contributed by atoms with E-state index in [0.717, 1.165) is 0 Å². The van der Waals surface area contributed by atoms with Crippen molar-refractivity contribution in [3.8, 4) is 0 Å². The average molecular weight is 425 g/mol. The van der Waals surface area contributed by atoms with Gasteiger partial charge in [0.05, 0.1) is 0 Å². The molecule has 2 aromatic rings. The van der Waals surface area contributed by atoms with Gasteiger partial charge < -0.3 is 27.8 Å². The zero-order valence-electron chi connectivity index (χ0n) is 17.1. The zero-order chi connectivity index (χ0) is 22.8. The molecule has 2 aromatic carbocycles. The normalized spacial score (nSPS) is 12.4. The quantitative estimate of drug-likeness (QED) is 0.175. The van der Waals surface area contributed by atoms with Gasteiger partial charge in [0.1, 0.15) is 17.9 Å². The second-order valence-electron chi connectivity index (χ2n) is 7.06. The Labute approximate surface area is 180 Å². The van der Waals surface area contributed by atoms with E-state index in [9.17, 15) is 14.4 Å². The summed E-state index contributed by atoms with van der Waals surface area (Å²) in [4.78, 5) is 37.6. The van der Waals surface area contributed by atoms with Crippen LogP contribution in [-0.4, -0.2) is 36.1 Å². The summed E-state index contributed by atoms with van der Waals surface area (Å²) in [6, 6.07) is 13.0. The molecule has 0 fully saturated rings. The number of nitrogens with one attached hydrogen (secondary N) is 3. The molecular formula is C22H28N6O3. The average Bonchev–Trinajstić information content (AvgIpc) is 2.77. The van der Waals surface area contributed by atoms with Crippen LogP contribution in [0.15, 0.2) is 54.6 Å². The summed E-state index contributed by atoms with van der Waals surface area (Å²) < 4.78 is 0. The maximum Gasteiger partial charge on any atom is 0.252 e. The van der Waals surface area contributed by atoms with E-state index in [2.05, 4.69) is 10.6 Å². The van der Waals surface area contributed by atoms with Gasteiger partial charge in [-0.15, -0.1) is 0 Å². The summed E-state index contributed by atoms with van der Waals surface area (Å²) in [7, 11) is 0. The maximum absolute atomic E-state index is 13.0. The highest BCUT2D eigenvalue weighted by atomic mass is 16.2. The standard InChI is InChI=1S/C22H28N6O3/c23-12-5-4-11-17(20(26)29)27-22(31)18(14-7-2-1-3-8-14)28-21(30)16-10-6-9-15(13-16)19(24)25/h1-3,6-10,13,17-18H,4-5,11-12,23H2,(H3,24,25)(H2,26,29)(H,27,31)(H,28,30)/t17-,18+/m0/s1. The van der Waals surface area contributed by atoms with Crippen LogP contribution in [0.5, 0.6) is 0 Å². The molecule has 2 rings (SSSR count). The minimum Gasteiger partial charge on any atom is -0.384 e. The van der Waals surface area contributed by atoms with Crippen molar-refractivity contribution in [3.05, 3.63) is 71.3 Å². The van der Waals surface area contributed by atoms with E-state index < -0.39 is 29.8 Å². The summed E-state index contributed by atoms with van der Waals surface area (Å²) >= 11 is 0. The van der Waals surface area contributed by atoms with Crippen LogP contribution in [0.2, 0.25) is 0 Å². The highest BCUT2D eigenvalue weighted by Gasteiger charge is 2.27. The zero-order valence-corrected chi connectivity index (χ0v) is 17.1. The number of nitrogen functional groups attached to an aromatic ring is 1. The molecule has 9 heteroatoms. The van der Waals surface area contributed by atoms with Gasteiger partial charge in [-0.05, 0) is 43.5 Å². The van der Waals surface area contributed by atoms with E-state index in [1.54, 1.807) is 48.5 Å². The van der Waals surface area contributed by atoms with E-state index in [1.165, 1.54) is 6.07 Å². The Kier molecular flexibility index (Phi) is 8.71. The number of primary amides is 1. The fourth-order valence-corrected chi connectivity index (χ4v) is 3.02. The molecule has 0 heterocycles. The van der Waals surface area contributed by atoms with Gasteiger partial charge in [0.15, 0.2) is 0 Å². The van der Waals surface area contributed by atoms with E-state index >= 15 is 0 Å². The van der Waals surface area contributed by atoms with Gasteiger partial charge in [-0.2, -0.15) is 0 Å². The van der Waals surface area contributed by atoms with Gasteiger partial charge in [0, 0.05) is 11.1 Å². The summed E-state index contributed by atoms with van der Waals surface area (Å²) in [6.07, 6.45) is 1.68. The Morgan fingerprint density at radius 3 is 2.19 bits per heavy atom. The molecule has 9 N–H and O–H groups in total. The second kappa shape index (κ2) is 11.5. The van der Waals surface area contributed by atoms with Crippen molar-refractivity contribution in [1.82, 2.24) is 10.6 Å². The van der Waals surface area contributed by atoms with Crippen LogP contribution in [0.25, 0.3) is 0 Å². The van der Waals surface area contributed by atoms with Crippen LogP contribution < -0.4 is 27.8 Å². The highest BCUT2D eigenvalue weighted by Crippen LogP contribution is 2.16. The number of hydrogen-bond acceptors (Lipinski definition) is 5. The smallest absolute Gasteiger partial charge is 0.252 e. The summed E-state index contributed by atoms with van der Waals surface area (Å²) in [5.41, 5.74) is 17.6. The van der Waals surface area contributed by atoms with Crippen LogP contribution in [0.3, 0.4) is 0 Å². The Morgan fingerprint density at radius 1 is 0.903 bits per heavy atom. The lowest BCUT2D eigenvalue weighted by Gasteiger charge is -2.22. The maximum atomic E-state index is 13.0. The summed E-state index contributed by atoms with van der Waals surface area (Å²) in [5, 5.41) is 12.9. The first-order chi connectivity index (χ1) is 14.8. The Bertz CT molecular complexity index is 932. The number of rotatable bonds is 11. The molecule has 0 saturated heterocycles. The molecule has 0 bridgehead atoms. The van der Waals surface area contributed by atoms with Crippen molar-refractivity contribution in [2.45, 2.75) is 31.3 Å². The molecule has 0 saturated carbocycles. The number of unbranched alkanes of at least 4 members (excludes halogenated alkanes) is 1. The third-order valence-electron chi connectivity index (χ3n) is 4.71. The van der Waals surface area contributed by atoms with E-state index in [1.807, 2.05) is 0 Å². The van der Waals surface area contributed by atoms with Gasteiger partial charge in [0.25, 0.3) is 5.91 Å². The lowest BCUT2D eigenvalue weighted by atomic mass is 10.0. The number of benzene rings is 2. The van der Waals surface area contributed by atoms with Gasteiger partial charge in [-0.1, -0.05) is 42.5 Å². The van der Waals surface area contributed by atoms with Crippen molar-refractivity contribution in [1.29, 1.82) is 5.41 Å². The van der Waals surface area contributed by atoms with Gasteiger partial charge >= 0.3 is 0 Å². The molecule has 31 heavy (non-hydrogen) atoms. The van der Waals surface area contributed by atoms with Crippen molar-refractivity contribution in [2.24, 2.45) is 17.2 Å². The fraction of sp³-hybridized carbons (Fsp3) is 0.273. The van der Waals surface area contributed by atoms with Crippen LogP contribution in [0.1, 0.15) is 46.8 Å². The number of carbonyl (C=O) groups is 3. The van der Waals surface area contributed by atoms with Crippen molar-refractivity contribution in [2.75, 3.05) is 6.54 Å². The lowest BCUT2D eigenvalue weighted by molar-refractivity contribution is -0.128. The minimum absolute atomic E-state index is 0.172. The van der Waals surface area contributed by atoms with E-state index in [-0.39, 0.29) is 11.4 Å². The Morgan fingerprint density at radius 2 is 1.58 bits per heavy atom. The molecule has 0 aliphatic rings. The summed E-state index contributed by atoms with van der Waals surface area (Å²) in [6.45, 7) is 0.474. The second-order valence-corrected chi connectivity index (χ2v) is 7.06. The Hall–Kier alpha value is -3.72. The van der Waals surface area contributed by atoms with Gasteiger partial charge in [-0.25, -0.2) is 0 Å². The molecular weight excluding hydrogens is 396 g/mol. The molecule has 0 radical (unpaired) electrons. The van der Waals surface area contributed by atoms with Crippen molar-refractivity contribution >= 4 is 23.6 Å². The molecule has 0 aromatic heterocycles. The largest absolute Gasteiger partial charge is 0.384 e. The number of amides is 3. The monoisotopic (exact) mass is 424 g/mol. The molecule has 2 atom stereocenters. The van der Waals surface area contributed by atoms with E-state index in [0.29, 0.717) is 36.9 Å². The molecule has 0 unspecified atom stereocenters. The number of carbonyl (C=O) groups excluding carboxylic acids is 3. The number of hydrogen-bond donors (Lipinski definition) is 6. The van der Waals surface area contributed by atoms with Crippen molar-refractivity contribution < 1.29 is 14.4 Å². The molecule has 3 amide bonds.